The topological polar surface area (TPSA) is 61.7 Å². The van der Waals surface area contributed by atoms with Crippen LogP contribution in [0.4, 0.5) is 11.8 Å². The Kier molecular flexibility index (Phi) is 4.46. The van der Waals surface area contributed by atoms with Crippen LogP contribution in [0.25, 0.3) is 0 Å². The largest absolute Gasteiger partial charge is 0.496 e. The van der Waals surface area contributed by atoms with E-state index in [1.54, 1.807) is 7.11 Å². The maximum absolute atomic E-state index is 11.5. The third kappa shape index (κ3) is 3.12. The molecule has 2 aliphatic heterocycles. The Morgan fingerprint density at radius 2 is 1.81 bits per heavy atom. The lowest BCUT2D eigenvalue weighted by Gasteiger charge is -2.44. The monoisotopic (exact) mass is 368 g/mol. The van der Waals surface area contributed by atoms with Crippen LogP contribution in [0, 0.1) is 6.92 Å². The number of anilines is 2. The van der Waals surface area contributed by atoms with Gasteiger partial charge in [-0.2, -0.15) is 4.98 Å². The summed E-state index contributed by atoms with van der Waals surface area (Å²) in [6.07, 6.45) is 3.43. The molecule has 2 aromatic rings. The minimum absolute atomic E-state index is 0.232. The Balaban J connectivity index is 1.67. The molecule has 2 aliphatic rings. The number of aryl methyl sites for hydroxylation is 1. The number of ether oxygens (including phenoxy) is 1. The van der Waals surface area contributed by atoms with E-state index < -0.39 is 5.60 Å². The molecule has 0 amide bonds. The third-order valence-electron chi connectivity index (χ3n) is 5.89. The molecule has 2 atom stereocenters. The lowest BCUT2D eigenvalue weighted by molar-refractivity contribution is -0.00525. The van der Waals surface area contributed by atoms with E-state index in [-0.39, 0.29) is 12.1 Å². The normalized spacial score (nSPS) is 26.9. The molecule has 1 aromatic carbocycles. The number of hydrogen-bond donors (Lipinski definition) is 1. The molecule has 1 N–H and O–H groups in total. The van der Waals surface area contributed by atoms with E-state index in [0.717, 1.165) is 41.6 Å². The Hall–Kier alpha value is -2.34. The molecule has 6 heteroatoms. The van der Waals surface area contributed by atoms with Crippen LogP contribution in [0.1, 0.15) is 36.9 Å². The second-order valence-corrected chi connectivity index (χ2v) is 7.99. The maximum Gasteiger partial charge on any atom is 0.228 e. The van der Waals surface area contributed by atoms with Gasteiger partial charge in [-0.1, -0.05) is 18.2 Å². The number of methoxy groups -OCH3 is 1. The first-order valence-electron chi connectivity index (χ1n) is 9.58. The van der Waals surface area contributed by atoms with Crippen molar-refractivity contribution in [2.45, 2.75) is 50.3 Å². The third-order valence-corrected chi connectivity index (χ3v) is 5.89. The summed E-state index contributed by atoms with van der Waals surface area (Å²) in [5.41, 5.74) is 0.986. The van der Waals surface area contributed by atoms with Crippen molar-refractivity contribution in [1.29, 1.82) is 0 Å². The highest BCUT2D eigenvalue weighted by molar-refractivity contribution is 5.49. The van der Waals surface area contributed by atoms with Crippen molar-refractivity contribution in [2.75, 3.05) is 31.0 Å². The van der Waals surface area contributed by atoms with Crippen LogP contribution in [0.3, 0.4) is 0 Å². The molecule has 3 heterocycles. The first-order valence-corrected chi connectivity index (χ1v) is 9.58. The standard InChI is InChI=1S/C21H28N4O2/c1-14-11-19(24(2)3)23-20(22-14)25-15-9-10-16(25)13-21(26,12-15)17-7-5-6-8-18(17)27-4/h5-8,11,15-16,26H,9-10,12-13H2,1-4H3. The number of hydrogen-bond acceptors (Lipinski definition) is 6. The SMILES string of the molecule is COc1ccccc1C1(O)CC2CCC(C1)N2c1nc(C)cc(N(C)C)n1. The zero-order chi connectivity index (χ0) is 19.2. The fourth-order valence-electron chi connectivity index (χ4n) is 4.68. The number of nitrogens with zero attached hydrogens (tertiary/aromatic N) is 4. The fourth-order valence-corrected chi connectivity index (χ4v) is 4.68. The van der Waals surface area contributed by atoms with Crippen LogP contribution in [0.2, 0.25) is 0 Å². The van der Waals surface area contributed by atoms with Gasteiger partial charge in [0, 0.05) is 56.3 Å². The molecule has 2 fully saturated rings. The number of aliphatic hydroxyl groups is 1. The van der Waals surface area contributed by atoms with Crippen molar-refractivity contribution >= 4 is 11.8 Å². The first-order chi connectivity index (χ1) is 12.9. The molecule has 144 valence electrons. The molecule has 2 saturated heterocycles. The zero-order valence-electron chi connectivity index (χ0n) is 16.5. The van der Waals surface area contributed by atoms with E-state index in [9.17, 15) is 5.11 Å². The smallest absolute Gasteiger partial charge is 0.228 e. The molecular weight excluding hydrogens is 340 g/mol. The number of rotatable bonds is 4. The van der Waals surface area contributed by atoms with Crippen molar-refractivity contribution < 1.29 is 9.84 Å². The molecule has 0 radical (unpaired) electrons. The van der Waals surface area contributed by atoms with E-state index in [1.807, 2.05) is 56.3 Å². The zero-order valence-corrected chi connectivity index (χ0v) is 16.5. The van der Waals surface area contributed by atoms with Crippen LogP contribution in [-0.4, -0.2) is 48.4 Å². The molecule has 27 heavy (non-hydrogen) atoms. The van der Waals surface area contributed by atoms with Crippen LogP contribution in [0.5, 0.6) is 5.75 Å². The van der Waals surface area contributed by atoms with Gasteiger partial charge in [0.05, 0.1) is 12.7 Å². The summed E-state index contributed by atoms with van der Waals surface area (Å²) in [7, 11) is 5.66. The molecule has 2 bridgehead atoms. The van der Waals surface area contributed by atoms with Gasteiger partial charge in [-0.25, -0.2) is 4.98 Å². The number of piperidine rings is 1. The summed E-state index contributed by atoms with van der Waals surface area (Å²) < 4.78 is 5.52. The molecule has 0 spiro atoms. The highest BCUT2D eigenvalue weighted by atomic mass is 16.5. The van der Waals surface area contributed by atoms with E-state index in [2.05, 4.69) is 4.90 Å². The molecule has 4 rings (SSSR count). The molecule has 2 unspecified atom stereocenters. The second kappa shape index (κ2) is 6.68. The lowest BCUT2D eigenvalue weighted by atomic mass is 9.80. The van der Waals surface area contributed by atoms with Crippen LogP contribution in [0.15, 0.2) is 30.3 Å². The number of para-hydroxylation sites is 1. The Morgan fingerprint density at radius 3 is 2.44 bits per heavy atom. The van der Waals surface area contributed by atoms with Crippen molar-refractivity contribution in [3.8, 4) is 5.75 Å². The van der Waals surface area contributed by atoms with Crippen molar-refractivity contribution in [3.05, 3.63) is 41.6 Å². The minimum atomic E-state index is -0.872. The minimum Gasteiger partial charge on any atom is -0.496 e. The van der Waals surface area contributed by atoms with Gasteiger partial charge in [0.1, 0.15) is 11.6 Å². The van der Waals surface area contributed by atoms with E-state index in [4.69, 9.17) is 14.7 Å². The Bertz CT molecular complexity index is 825. The fraction of sp³-hybridized carbons (Fsp3) is 0.524. The summed E-state index contributed by atoms with van der Waals surface area (Å²) in [5.74, 6) is 2.46. The number of fused-ring (bicyclic) bond motifs is 2. The Morgan fingerprint density at radius 1 is 1.15 bits per heavy atom. The van der Waals surface area contributed by atoms with E-state index >= 15 is 0 Å². The average molecular weight is 368 g/mol. The molecular formula is C21H28N4O2. The summed E-state index contributed by atoms with van der Waals surface area (Å²) in [4.78, 5) is 13.8. The summed E-state index contributed by atoms with van der Waals surface area (Å²) >= 11 is 0. The highest BCUT2D eigenvalue weighted by Crippen LogP contribution is 2.48. The average Bonchev–Trinajstić information content (AvgIpc) is 2.93. The van der Waals surface area contributed by atoms with Crippen LogP contribution in [-0.2, 0) is 5.60 Å². The van der Waals surface area contributed by atoms with Crippen molar-refractivity contribution in [3.63, 3.8) is 0 Å². The van der Waals surface area contributed by atoms with Gasteiger partial charge in [0.2, 0.25) is 5.95 Å². The quantitative estimate of drug-likeness (QED) is 0.895. The van der Waals surface area contributed by atoms with Gasteiger partial charge >= 0.3 is 0 Å². The van der Waals surface area contributed by atoms with Gasteiger partial charge in [0.25, 0.3) is 0 Å². The van der Waals surface area contributed by atoms with Crippen molar-refractivity contribution in [2.24, 2.45) is 0 Å². The summed E-state index contributed by atoms with van der Waals surface area (Å²) in [5, 5.41) is 11.5. The lowest BCUT2D eigenvalue weighted by Crippen LogP contribution is -2.50. The van der Waals surface area contributed by atoms with E-state index in [1.165, 1.54) is 0 Å². The highest BCUT2D eigenvalue weighted by Gasteiger charge is 2.50. The molecule has 1 aromatic heterocycles. The van der Waals surface area contributed by atoms with Gasteiger partial charge in [-0.05, 0) is 25.8 Å². The number of aromatic nitrogens is 2. The van der Waals surface area contributed by atoms with Gasteiger partial charge < -0.3 is 19.6 Å². The second-order valence-electron chi connectivity index (χ2n) is 7.99. The maximum atomic E-state index is 11.5. The first kappa shape index (κ1) is 18.0. The van der Waals surface area contributed by atoms with E-state index in [0.29, 0.717) is 12.8 Å². The predicted octanol–water partition coefficient (Wildman–Crippen LogP) is 2.88. The molecule has 0 saturated carbocycles. The Labute approximate surface area is 160 Å². The van der Waals surface area contributed by atoms with Crippen LogP contribution >= 0.6 is 0 Å². The summed E-state index contributed by atoms with van der Waals surface area (Å²) in [6, 6.07) is 10.3. The number of benzene rings is 1. The molecule has 0 aliphatic carbocycles. The molecule has 6 nitrogen and oxygen atoms in total. The van der Waals surface area contributed by atoms with Gasteiger partial charge in [0.15, 0.2) is 0 Å². The van der Waals surface area contributed by atoms with Gasteiger partial charge in [-0.15, -0.1) is 0 Å². The van der Waals surface area contributed by atoms with Crippen molar-refractivity contribution in [1.82, 2.24) is 9.97 Å². The van der Waals surface area contributed by atoms with Crippen LogP contribution < -0.4 is 14.5 Å². The summed E-state index contributed by atoms with van der Waals surface area (Å²) in [6.45, 7) is 2.01. The predicted molar refractivity (Wildman–Crippen MR) is 107 cm³/mol. The van der Waals surface area contributed by atoms with Gasteiger partial charge in [-0.3, -0.25) is 0 Å².